The molecular formula is C22H25NO7. The van der Waals surface area contributed by atoms with Crippen molar-refractivity contribution in [1.29, 1.82) is 0 Å². The van der Waals surface area contributed by atoms with Crippen LogP contribution in [-0.4, -0.2) is 23.2 Å². The topological polar surface area (TPSA) is 105 Å². The summed E-state index contributed by atoms with van der Waals surface area (Å²) in [5, 5.41) is 11.0. The van der Waals surface area contributed by atoms with Crippen LogP contribution in [0.4, 0.5) is 10.5 Å². The van der Waals surface area contributed by atoms with E-state index in [0.29, 0.717) is 24.0 Å². The Balaban J connectivity index is 1.83. The van der Waals surface area contributed by atoms with E-state index >= 15 is 0 Å². The van der Waals surface area contributed by atoms with Crippen LogP contribution in [0.2, 0.25) is 0 Å². The van der Waals surface area contributed by atoms with Crippen LogP contribution in [0.25, 0.3) is 0 Å². The molecule has 1 atom stereocenters. The minimum absolute atomic E-state index is 0.0475. The SMILES string of the molecule is CCC(CCC(=O)OCc1ccccc1)OC(=O)Oc1ccc([N+](=O)[O-])c(C)c1C. The van der Waals surface area contributed by atoms with Crippen molar-refractivity contribution in [2.24, 2.45) is 0 Å². The Morgan fingerprint density at radius 3 is 2.40 bits per heavy atom. The molecule has 0 spiro atoms. The highest BCUT2D eigenvalue weighted by atomic mass is 16.7. The fourth-order valence-electron chi connectivity index (χ4n) is 2.78. The van der Waals surface area contributed by atoms with Gasteiger partial charge in [-0.15, -0.1) is 0 Å². The van der Waals surface area contributed by atoms with Gasteiger partial charge in [0.2, 0.25) is 0 Å². The highest BCUT2D eigenvalue weighted by molar-refractivity contribution is 5.69. The summed E-state index contributed by atoms with van der Waals surface area (Å²) in [4.78, 5) is 34.5. The van der Waals surface area contributed by atoms with E-state index in [9.17, 15) is 19.7 Å². The normalized spacial score (nSPS) is 11.4. The van der Waals surface area contributed by atoms with Crippen LogP contribution in [-0.2, 0) is 20.9 Å². The minimum Gasteiger partial charge on any atom is -0.461 e. The van der Waals surface area contributed by atoms with Crippen LogP contribution in [0.1, 0.15) is 42.9 Å². The first-order chi connectivity index (χ1) is 14.3. The fraction of sp³-hybridized carbons (Fsp3) is 0.364. The Morgan fingerprint density at radius 1 is 1.07 bits per heavy atom. The molecule has 2 aromatic rings. The number of hydrogen-bond acceptors (Lipinski definition) is 7. The monoisotopic (exact) mass is 415 g/mol. The van der Waals surface area contributed by atoms with Gasteiger partial charge >= 0.3 is 12.1 Å². The van der Waals surface area contributed by atoms with Gasteiger partial charge in [-0.3, -0.25) is 14.9 Å². The number of nitro groups is 1. The maximum atomic E-state index is 12.1. The van der Waals surface area contributed by atoms with E-state index in [-0.39, 0.29) is 30.4 Å². The minimum atomic E-state index is -0.921. The number of nitro benzene ring substituents is 1. The molecule has 8 heteroatoms. The van der Waals surface area contributed by atoms with Crippen LogP contribution in [0.5, 0.6) is 5.75 Å². The Bertz CT molecular complexity index is 896. The van der Waals surface area contributed by atoms with Gasteiger partial charge in [0.15, 0.2) is 0 Å². The summed E-state index contributed by atoms with van der Waals surface area (Å²) >= 11 is 0. The van der Waals surface area contributed by atoms with Gasteiger partial charge < -0.3 is 14.2 Å². The predicted octanol–water partition coefficient (Wildman–Crippen LogP) is 5.03. The zero-order chi connectivity index (χ0) is 22.1. The second-order valence-electron chi connectivity index (χ2n) is 6.78. The van der Waals surface area contributed by atoms with Crippen molar-refractivity contribution in [1.82, 2.24) is 0 Å². The molecule has 0 fully saturated rings. The molecule has 8 nitrogen and oxygen atoms in total. The lowest BCUT2D eigenvalue weighted by Crippen LogP contribution is -2.22. The van der Waals surface area contributed by atoms with Crippen LogP contribution < -0.4 is 4.74 Å². The standard InChI is InChI=1S/C22H25NO7/c1-4-18(10-13-21(24)28-14-17-8-6-5-7-9-17)29-22(25)30-20-12-11-19(23(26)27)15(2)16(20)3/h5-9,11-12,18H,4,10,13-14H2,1-3H3. The predicted molar refractivity (Wildman–Crippen MR) is 109 cm³/mol. The van der Waals surface area contributed by atoms with Gasteiger partial charge in [-0.25, -0.2) is 4.79 Å². The molecule has 0 N–H and O–H groups in total. The Morgan fingerprint density at radius 2 is 1.77 bits per heavy atom. The van der Waals surface area contributed by atoms with Gasteiger partial charge in [-0.1, -0.05) is 37.3 Å². The highest BCUT2D eigenvalue weighted by Gasteiger charge is 2.20. The summed E-state index contributed by atoms with van der Waals surface area (Å²) in [5.41, 5.74) is 1.75. The molecule has 0 aliphatic heterocycles. The van der Waals surface area contributed by atoms with Crippen LogP contribution in [0.15, 0.2) is 42.5 Å². The van der Waals surface area contributed by atoms with Crippen LogP contribution >= 0.6 is 0 Å². The largest absolute Gasteiger partial charge is 0.514 e. The maximum absolute atomic E-state index is 12.1. The highest BCUT2D eigenvalue weighted by Crippen LogP contribution is 2.29. The van der Waals surface area contributed by atoms with Crippen molar-refractivity contribution in [2.75, 3.05) is 0 Å². The summed E-state index contributed by atoms with van der Waals surface area (Å²) in [7, 11) is 0. The molecule has 1 unspecified atom stereocenters. The van der Waals surface area contributed by atoms with Gasteiger partial charge in [-0.05, 0) is 38.3 Å². The van der Waals surface area contributed by atoms with E-state index in [1.807, 2.05) is 37.3 Å². The van der Waals surface area contributed by atoms with Gasteiger partial charge in [0, 0.05) is 23.6 Å². The van der Waals surface area contributed by atoms with E-state index in [4.69, 9.17) is 14.2 Å². The number of rotatable bonds is 9. The van der Waals surface area contributed by atoms with Crippen molar-refractivity contribution in [3.63, 3.8) is 0 Å². The van der Waals surface area contributed by atoms with E-state index < -0.39 is 17.2 Å². The number of hydrogen-bond donors (Lipinski definition) is 0. The number of carbonyl (C=O) groups is 2. The second-order valence-corrected chi connectivity index (χ2v) is 6.78. The molecule has 0 aliphatic rings. The van der Waals surface area contributed by atoms with Crippen molar-refractivity contribution in [3.8, 4) is 5.75 Å². The van der Waals surface area contributed by atoms with Crippen molar-refractivity contribution < 1.29 is 28.7 Å². The average molecular weight is 415 g/mol. The van der Waals surface area contributed by atoms with Crippen molar-refractivity contribution in [2.45, 2.75) is 52.7 Å². The fourth-order valence-corrected chi connectivity index (χ4v) is 2.78. The molecule has 0 bridgehead atoms. The third kappa shape index (κ3) is 6.58. The Labute approximate surface area is 174 Å². The lowest BCUT2D eigenvalue weighted by atomic mass is 10.1. The third-order valence-electron chi connectivity index (χ3n) is 4.73. The molecule has 0 amide bonds. The molecule has 2 aromatic carbocycles. The summed E-state index contributed by atoms with van der Waals surface area (Å²) in [6.07, 6.45) is -0.525. The molecule has 0 radical (unpaired) electrons. The summed E-state index contributed by atoms with van der Waals surface area (Å²) in [6.45, 7) is 5.24. The molecule has 30 heavy (non-hydrogen) atoms. The summed E-state index contributed by atoms with van der Waals surface area (Å²) in [6, 6.07) is 12.0. The number of nitrogens with zero attached hydrogens (tertiary/aromatic N) is 1. The van der Waals surface area contributed by atoms with E-state index in [0.717, 1.165) is 5.56 Å². The zero-order valence-corrected chi connectivity index (χ0v) is 17.3. The molecule has 2 rings (SSSR count). The third-order valence-corrected chi connectivity index (χ3v) is 4.73. The average Bonchev–Trinajstić information content (AvgIpc) is 2.73. The van der Waals surface area contributed by atoms with Crippen LogP contribution in [0, 0.1) is 24.0 Å². The maximum Gasteiger partial charge on any atom is 0.514 e. The van der Waals surface area contributed by atoms with Crippen molar-refractivity contribution >= 4 is 17.8 Å². The van der Waals surface area contributed by atoms with Gasteiger partial charge in [0.25, 0.3) is 5.69 Å². The van der Waals surface area contributed by atoms with Gasteiger partial charge in [0.1, 0.15) is 18.5 Å². The van der Waals surface area contributed by atoms with E-state index in [1.165, 1.54) is 12.1 Å². The zero-order valence-electron chi connectivity index (χ0n) is 17.3. The smallest absolute Gasteiger partial charge is 0.461 e. The first kappa shape index (κ1) is 22.9. The Hall–Kier alpha value is -3.42. The molecular weight excluding hydrogens is 390 g/mol. The first-order valence-corrected chi connectivity index (χ1v) is 9.64. The number of ether oxygens (including phenoxy) is 3. The lowest BCUT2D eigenvalue weighted by Gasteiger charge is -2.16. The van der Waals surface area contributed by atoms with E-state index in [2.05, 4.69) is 0 Å². The second kappa shape index (κ2) is 10.9. The number of esters is 1. The molecule has 0 saturated heterocycles. The quantitative estimate of drug-likeness (QED) is 0.245. The summed E-state index contributed by atoms with van der Waals surface area (Å²) in [5.74, 6) is -0.184. The van der Waals surface area contributed by atoms with E-state index in [1.54, 1.807) is 13.8 Å². The van der Waals surface area contributed by atoms with Gasteiger partial charge in [0.05, 0.1) is 4.92 Å². The molecule has 0 aromatic heterocycles. The van der Waals surface area contributed by atoms with Gasteiger partial charge in [-0.2, -0.15) is 0 Å². The molecule has 0 aliphatic carbocycles. The molecule has 0 heterocycles. The number of benzene rings is 2. The number of carbonyl (C=O) groups excluding carboxylic acids is 2. The first-order valence-electron chi connectivity index (χ1n) is 9.64. The molecule has 0 saturated carbocycles. The van der Waals surface area contributed by atoms with Crippen molar-refractivity contribution in [3.05, 3.63) is 69.3 Å². The Kier molecular flexibility index (Phi) is 8.34. The van der Waals surface area contributed by atoms with Crippen LogP contribution in [0.3, 0.4) is 0 Å². The molecule has 160 valence electrons. The lowest BCUT2D eigenvalue weighted by molar-refractivity contribution is -0.385. The summed E-state index contributed by atoms with van der Waals surface area (Å²) < 4.78 is 15.7.